The molecule has 4 heterocycles. The zero-order chi connectivity index (χ0) is 21.1. The number of hydrogen-bond acceptors (Lipinski definition) is 8. The number of aliphatic hydroxyl groups is 1. The molecule has 1 unspecified atom stereocenters. The van der Waals surface area contributed by atoms with Gasteiger partial charge in [0.05, 0.1) is 12.6 Å². The van der Waals surface area contributed by atoms with E-state index in [4.69, 9.17) is 28.5 Å². The van der Waals surface area contributed by atoms with Crippen molar-refractivity contribution in [3.8, 4) is 0 Å². The Labute approximate surface area is 176 Å². The summed E-state index contributed by atoms with van der Waals surface area (Å²) in [5, 5.41) is 11.7. The van der Waals surface area contributed by atoms with E-state index >= 15 is 0 Å². The zero-order valence-corrected chi connectivity index (χ0v) is 17.9. The smallest absolute Gasteiger partial charge is 0.190 e. The van der Waals surface area contributed by atoms with Gasteiger partial charge in [-0.15, -0.1) is 0 Å². The lowest BCUT2D eigenvalue weighted by Crippen LogP contribution is -2.60. The Balaban J connectivity index is 1.43. The van der Waals surface area contributed by atoms with Gasteiger partial charge in [0.1, 0.15) is 30.5 Å². The number of aliphatic hydroxyl groups excluding tert-OH is 1. The van der Waals surface area contributed by atoms with Crippen molar-refractivity contribution in [3.63, 3.8) is 0 Å². The predicted octanol–water partition coefficient (Wildman–Crippen LogP) is 1.95. The summed E-state index contributed by atoms with van der Waals surface area (Å²) in [7, 11) is 0. The fourth-order valence-corrected chi connectivity index (χ4v) is 4.98. The maximum atomic E-state index is 9.76. The average molecular weight is 421 g/mol. The molecular formula is C22H31NO7. The van der Waals surface area contributed by atoms with Crippen molar-refractivity contribution < 1.29 is 33.6 Å². The van der Waals surface area contributed by atoms with Crippen LogP contribution in [0.15, 0.2) is 30.3 Å². The molecule has 1 aromatic carbocycles. The summed E-state index contributed by atoms with van der Waals surface area (Å²) in [6.45, 7) is 8.09. The van der Waals surface area contributed by atoms with Gasteiger partial charge in [-0.05, 0) is 39.7 Å². The zero-order valence-electron chi connectivity index (χ0n) is 17.9. The highest BCUT2D eigenvalue weighted by Crippen LogP contribution is 2.46. The van der Waals surface area contributed by atoms with Gasteiger partial charge in [0.25, 0.3) is 0 Å². The van der Waals surface area contributed by atoms with E-state index < -0.39 is 17.9 Å². The molecule has 8 heteroatoms. The predicted molar refractivity (Wildman–Crippen MR) is 105 cm³/mol. The molecule has 7 atom stereocenters. The van der Waals surface area contributed by atoms with E-state index in [1.54, 1.807) is 0 Å². The quantitative estimate of drug-likeness (QED) is 0.791. The highest BCUT2D eigenvalue weighted by molar-refractivity contribution is 5.15. The lowest BCUT2D eigenvalue weighted by atomic mass is 9.91. The van der Waals surface area contributed by atoms with Crippen LogP contribution in [-0.2, 0) is 35.1 Å². The van der Waals surface area contributed by atoms with Crippen LogP contribution in [0.2, 0.25) is 0 Å². The molecule has 0 spiro atoms. The van der Waals surface area contributed by atoms with Gasteiger partial charge in [-0.25, -0.2) is 0 Å². The van der Waals surface area contributed by atoms with E-state index in [-0.39, 0.29) is 43.2 Å². The lowest BCUT2D eigenvalue weighted by Gasteiger charge is -2.41. The summed E-state index contributed by atoms with van der Waals surface area (Å²) >= 11 is 0. The minimum atomic E-state index is -0.756. The molecule has 0 bridgehead atoms. The molecule has 166 valence electrons. The van der Waals surface area contributed by atoms with Gasteiger partial charge in [0.2, 0.25) is 0 Å². The first-order valence-corrected chi connectivity index (χ1v) is 10.7. The first-order valence-electron chi connectivity index (χ1n) is 10.7. The van der Waals surface area contributed by atoms with E-state index in [1.165, 1.54) is 0 Å². The standard InChI is InChI=1S/C22H31NO7/c1-21(2)26-17-16(25-20-19(18(17)27-21)28-22(3,4)29-20)15-10-14(12-24)30-23(15)11-13-8-6-5-7-9-13/h5-9,14-20,24H,10-12H2,1-4H3/t14?,15-,16-,17+,18+,19-,20-/m1/s1. The number of benzene rings is 1. The van der Waals surface area contributed by atoms with Crippen LogP contribution in [0, 0.1) is 0 Å². The fraction of sp³-hybridized carbons (Fsp3) is 0.727. The van der Waals surface area contributed by atoms with Crippen molar-refractivity contribution in [1.82, 2.24) is 5.06 Å². The van der Waals surface area contributed by atoms with Crippen LogP contribution in [0.5, 0.6) is 0 Å². The van der Waals surface area contributed by atoms with Crippen molar-refractivity contribution >= 4 is 0 Å². The third-order valence-electron chi connectivity index (χ3n) is 6.11. The number of fused-ring (bicyclic) bond motifs is 3. The number of rotatable bonds is 4. The molecule has 8 nitrogen and oxygen atoms in total. The second kappa shape index (κ2) is 7.50. The van der Waals surface area contributed by atoms with Gasteiger partial charge in [0, 0.05) is 6.54 Å². The highest BCUT2D eigenvalue weighted by atomic mass is 16.9. The van der Waals surface area contributed by atoms with E-state index in [0.29, 0.717) is 13.0 Å². The van der Waals surface area contributed by atoms with Crippen LogP contribution in [0.1, 0.15) is 39.7 Å². The van der Waals surface area contributed by atoms with Crippen LogP contribution < -0.4 is 0 Å². The van der Waals surface area contributed by atoms with E-state index in [9.17, 15) is 5.11 Å². The summed E-state index contributed by atoms with van der Waals surface area (Å²) in [6.07, 6.45) is -1.55. The second-order valence-electron chi connectivity index (χ2n) is 9.41. The van der Waals surface area contributed by atoms with E-state index in [1.807, 2.05) is 51.0 Å². The van der Waals surface area contributed by atoms with Crippen LogP contribution in [0.4, 0.5) is 0 Å². The van der Waals surface area contributed by atoms with Crippen LogP contribution in [0.25, 0.3) is 0 Å². The second-order valence-corrected chi connectivity index (χ2v) is 9.41. The van der Waals surface area contributed by atoms with Crippen molar-refractivity contribution in [3.05, 3.63) is 35.9 Å². The maximum absolute atomic E-state index is 9.76. The first kappa shape index (κ1) is 20.8. The van der Waals surface area contributed by atoms with Gasteiger partial charge in [-0.2, -0.15) is 5.06 Å². The topological polar surface area (TPSA) is 78.9 Å². The number of hydrogen-bond donors (Lipinski definition) is 1. The Morgan fingerprint density at radius 2 is 1.53 bits per heavy atom. The SMILES string of the molecule is CC1(C)O[C@@H]2[C@H](O1)[C@H]1OC(C)(C)O[C@H]1O[C@@H]2[C@H]1CC(CO)ON1Cc1ccccc1. The Morgan fingerprint density at radius 1 is 0.900 bits per heavy atom. The number of ether oxygens (including phenoxy) is 5. The summed E-state index contributed by atoms with van der Waals surface area (Å²) < 4.78 is 31.1. The largest absolute Gasteiger partial charge is 0.394 e. The Kier molecular flexibility index (Phi) is 5.19. The van der Waals surface area contributed by atoms with E-state index in [0.717, 1.165) is 5.56 Å². The third kappa shape index (κ3) is 3.80. The van der Waals surface area contributed by atoms with Gasteiger partial charge in [0.15, 0.2) is 17.9 Å². The molecule has 4 saturated heterocycles. The maximum Gasteiger partial charge on any atom is 0.190 e. The third-order valence-corrected chi connectivity index (χ3v) is 6.11. The molecule has 0 saturated carbocycles. The minimum absolute atomic E-state index is 0.0514. The average Bonchev–Trinajstić information content (AvgIpc) is 3.33. The number of nitrogens with zero attached hydrogens (tertiary/aromatic N) is 1. The molecule has 0 aromatic heterocycles. The van der Waals surface area contributed by atoms with Gasteiger partial charge in [-0.3, -0.25) is 4.84 Å². The Morgan fingerprint density at radius 3 is 2.23 bits per heavy atom. The van der Waals surface area contributed by atoms with Crippen LogP contribution >= 0.6 is 0 Å². The summed E-state index contributed by atoms with van der Waals surface area (Å²) in [6, 6.07) is 9.99. The van der Waals surface area contributed by atoms with Crippen molar-refractivity contribution in [2.75, 3.05) is 6.61 Å². The molecule has 1 aromatic rings. The highest BCUT2D eigenvalue weighted by Gasteiger charge is 2.63. The van der Waals surface area contributed by atoms with Crippen molar-refractivity contribution in [2.24, 2.45) is 0 Å². The summed E-state index contributed by atoms with van der Waals surface area (Å²) in [5.41, 5.74) is 1.12. The van der Waals surface area contributed by atoms with Gasteiger partial charge in [-0.1, -0.05) is 30.3 Å². The lowest BCUT2D eigenvalue weighted by molar-refractivity contribution is -0.265. The number of hydroxylamine groups is 2. The van der Waals surface area contributed by atoms with Crippen molar-refractivity contribution in [2.45, 2.75) is 95.1 Å². The summed E-state index contributed by atoms with van der Waals surface area (Å²) in [5.74, 6) is -1.50. The molecule has 1 N–H and O–H groups in total. The monoisotopic (exact) mass is 421 g/mol. The normalized spacial score (nSPS) is 42.2. The molecule has 0 amide bonds. The molecule has 30 heavy (non-hydrogen) atoms. The molecule has 4 aliphatic heterocycles. The van der Waals surface area contributed by atoms with Crippen LogP contribution in [-0.4, -0.2) is 71.2 Å². The van der Waals surface area contributed by atoms with Gasteiger partial charge < -0.3 is 28.8 Å². The molecule has 4 fully saturated rings. The molecule has 4 aliphatic rings. The van der Waals surface area contributed by atoms with Crippen LogP contribution in [0.3, 0.4) is 0 Å². The Hall–Kier alpha value is -1.10. The minimum Gasteiger partial charge on any atom is -0.394 e. The fourth-order valence-electron chi connectivity index (χ4n) is 4.98. The molecular weight excluding hydrogens is 390 g/mol. The van der Waals surface area contributed by atoms with E-state index in [2.05, 4.69) is 12.1 Å². The van der Waals surface area contributed by atoms with Gasteiger partial charge >= 0.3 is 0 Å². The summed E-state index contributed by atoms with van der Waals surface area (Å²) in [4.78, 5) is 6.07. The molecule has 5 rings (SSSR count). The van der Waals surface area contributed by atoms with Crippen molar-refractivity contribution in [1.29, 1.82) is 0 Å². The Bertz CT molecular complexity index is 757. The first-order chi connectivity index (χ1) is 14.2. The molecule has 0 radical (unpaired) electrons. The molecule has 0 aliphatic carbocycles.